The van der Waals surface area contributed by atoms with Crippen LogP contribution < -0.4 is 10.6 Å². The van der Waals surface area contributed by atoms with Gasteiger partial charge in [-0.2, -0.15) is 0 Å². The number of aromatic nitrogens is 2. The fraction of sp³-hybridized carbons (Fsp3) is 0.522. The number of carbonyl (C=O) groups excluding carboxylic acids is 2. The van der Waals surface area contributed by atoms with E-state index in [1.165, 1.54) is 6.42 Å². The highest BCUT2D eigenvalue weighted by atomic mass is 16.2. The highest BCUT2D eigenvalue weighted by Crippen LogP contribution is 2.24. The van der Waals surface area contributed by atoms with Gasteiger partial charge in [0.1, 0.15) is 6.04 Å². The molecule has 0 radical (unpaired) electrons. The van der Waals surface area contributed by atoms with Crippen LogP contribution in [0.25, 0.3) is 5.69 Å². The molecule has 1 heterocycles. The SMILES string of the molecule is CC(NC(=O)C(NC(=O)C1CCCCC1)C(C)C)c1ccc(-n2ccnc2)cc1. The molecular weight excluding hydrogens is 364 g/mol. The molecule has 6 nitrogen and oxygen atoms in total. The average molecular weight is 397 g/mol. The van der Waals surface area contributed by atoms with Crippen molar-refractivity contribution < 1.29 is 9.59 Å². The van der Waals surface area contributed by atoms with E-state index in [1.807, 2.05) is 55.8 Å². The molecule has 2 unspecified atom stereocenters. The first kappa shape index (κ1) is 21.1. The molecule has 2 amide bonds. The molecule has 2 N–H and O–H groups in total. The average Bonchev–Trinajstić information content (AvgIpc) is 3.27. The van der Waals surface area contributed by atoms with E-state index in [-0.39, 0.29) is 29.7 Å². The molecule has 2 aromatic rings. The molecule has 0 aliphatic heterocycles. The summed E-state index contributed by atoms with van der Waals surface area (Å²) in [7, 11) is 0. The van der Waals surface area contributed by atoms with Gasteiger partial charge < -0.3 is 15.2 Å². The van der Waals surface area contributed by atoms with Gasteiger partial charge in [0.25, 0.3) is 0 Å². The van der Waals surface area contributed by atoms with E-state index in [9.17, 15) is 9.59 Å². The Balaban J connectivity index is 1.60. The summed E-state index contributed by atoms with van der Waals surface area (Å²) in [5.74, 6) is -0.0319. The Labute approximate surface area is 173 Å². The molecule has 156 valence electrons. The van der Waals surface area contributed by atoms with E-state index in [0.717, 1.165) is 36.9 Å². The third kappa shape index (κ3) is 5.46. The van der Waals surface area contributed by atoms with Gasteiger partial charge in [0, 0.05) is 24.0 Å². The normalized spacial score (nSPS) is 17.0. The third-order valence-electron chi connectivity index (χ3n) is 5.78. The molecule has 1 aromatic carbocycles. The van der Waals surface area contributed by atoms with Gasteiger partial charge in [-0.05, 0) is 43.4 Å². The molecule has 6 heteroatoms. The molecule has 1 aliphatic carbocycles. The first-order valence-corrected chi connectivity index (χ1v) is 10.6. The van der Waals surface area contributed by atoms with Crippen LogP contribution in [-0.4, -0.2) is 27.4 Å². The predicted molar refractivity (Wildman–Crippen MR) is 113 cm³/mol. The Morgan fingerprint density at radius 3 is 2.31 bits per heavy atom. The van der Waals surface area contributed by atoms with Crippen LogP contribution in [0.5, 0.6) is 0 Å². The zero-order chi connectivity index (χ0) is 20.8. The van der Waals surface area contributed by atoms with Crippen molar-refractivity contribution in [3.8, 4) is 5.69 Å². The highest BCUT2D eigenvalue weighted by Gasteiger charge is 2.29. The van der Waals surface area contributed by atoms with Crippen molar-refractivity contribution in [3.05, 3.63) is 48.5 Å². The Morgan fingerprint density at radius 1 is 1.03 bits per heavy atom. The minimum Gasteiger partial charge on any atom is -0.348 e. The predicted octanol–water partition coefficient (Wildman–Crippen LogP) is 3.77. The quantitative estimate of drug-likeness (QED) is 0.748. The van der Waals surface area contributed by atoms with Crippen molar-refractivity contribution in [1.82, 2.24) is 20.2 Å². The lowest BCUT2D eigenvalue weighted by Gasteiger charge is -2.27. The van der Waals surface area contributed by atoms with Gasteiger partial charge in [0.2, 0.25) is 11.8 Å². The van der Waals surface area contributed by atoms with E-state index in [1.54, 1.807) is 12.5 Å². The highest BCUT2D eigenvalue weighted by molar-refractivity contribution is 5.89. The number of rotatable bonds is 7. The van der Waals surface area contributed by atoms with Gasteiger partial charge in [-0.25, -0.2) is 4.98 Å². The van der Waals surface area contributed by atoms with E-state index in [0.29, 0.717) is 0 Å². The van der Waals surface area contributed by atoms with Gasteiger partial charge in [-0.1, -0.05) is 45.2 Å². The van der Waals surface area contributed by atoms with Crippen LogP contribution in [0.3, 0.4) is 0 Å². The third-order valence-corrected chi connectivity index (χ3v) is 5.78. The number of hydrogen-bond acceptors (Lipinski definition) is 3. The fourth-order valence-corrected chi connectivity index (χ4v) is 3.90. The molecule has 3 rings (SSSR count). The first-order valence-electron chi connectivity index (χ1n) is 10.6. The molecule has 29 heavy (non-hydrogen) atoms. The van der Waals surface area contributed by atoms with Crippen molar-refractivity contribution in [1.29, 1.82) is 0 Å². The Hall–Kier alpha value is -2.63. The standard InChI is InChI=1S/C23H32N4O2/c1-16(2)21(26-22(28)19-7-5-4-6-8-19)23(29)25-17(3)18-9-11-20(12-10-18)27-14-13-24-15-27/h9-17,19,21H,4-8H2,1-3H3,(H,25,29)(H,26,28). The van der Waals surface area contributed by atoms with E-state index < -0.39 is 6.04 Å². The maximum absolute atomic E-state index is 12.9. The molecule has 1 aliphatic rings. The molecule has 1 aromatic heterocycles. The fourth-order valence-electron chi connectivity index (χ4n) is 3.90. The Morgan fingerprint density at radius 2 is 1.72 bits per heavy atom. The van der Waals surface area contributed by atoms with Gasteiger partial charge in [-0.15, -0.1) is 0 Å². The van der Waals surface area contributed by atoms with Crippen LogP contribution in [0.4, 0.5) is 0 Å². The van der Waals surface area contributed by atoms with Crippen LogP contribution in [0.2, 0.25) is 0 Å². The smallest absolute Gasteiger partial charge is 0.243 e. The number of amides is 2. The van der Waals surface area contributed by atoms with E-state index >= 15 is 0 Å². The summed E-state index contributed by atoms with van der Waals surface area (Å²) in [6.45, 7) is 5.90. The number of imidazole rings is 1. The van der Waals surface area contributed by atoms with Gasteiger partial charge in [0.15, 0.2) is 0 Å². The summed E-state index contributed by atoms with van der Waals surface area (Å²) in [5.41, 5.74) is 2.04. The first-order chi connectivity index (χ1) is 14.0. The van der Waals surface area contributed by atoms with E-state index in [2.05, 4.69) is 15.6 Å². The lowest BCUT2D eigenvalue weighted by molar-refractivity contribution is -0.133. The number of nitrogens with zero attached hydrogens (tertiary/aromatic N) is 2. The van der Waals surface area contributed by atoms with Crippen molar-refractivity contribution in [2.75, 3.05) is 0 Å². The minimum atomic E-state index is -0.517. The number of nitrogens with one attached hydrogen (secondary N) is 2. The maximum atomic E-state index is 12.9. The largest absolute Gasteiger partial charge is 0.348 e. The lowest BCUT2D eigenvalue weighted by atomic mass is 9.88. The second-order valence-corrected chi connectivity index (χ2v) is 8.36. The lowest BCUT2D eigenvalue weighted by Crippen LogP contribution is -2.51. The van der Waals surface area contributed by atoms with Crippen LogP contribution in [0.15, 0.2) is 43.0 Å². The summed E-state index contributed by atoms with van der Waals surface area (Å²) < 4.78 is 1.93. The van der Waals surface area contributed by atoms with Crippen LogP contribution in [0.1, 0.15) is 64.5 Å². The zero-order valence-corrected chi connectivity index (χ0v) is 17.6. The molecule has 2 atom stereocenters. The molecular formula is C23H32N4O2. The molecule has 1 fully saturated rings. The second kappa shape index (κ2) is 9.72. The van der Waals surface area contributed by atoms with Gasteiger partial charge in [-0.3, -0.25) is 9.59 Å². The molecule has 1 saturated carbocycles. The van der Waals surface area contributed by atoms with Crippen molar-refractivity contribution in [2.45, 2.75) is 65.0 Å². The summed E-state index contributed by atoms with van der Waals surface area (Å²) in [6.07, 6.45) is 10.6. The number of benzene rings is 1. The number of hydrogen-bond donors (Lipinski definition) is 2. The summed E-state index contributed by atoms with van der Waals surface area (Å²) in [4.78, 5) is 29.6. The zero-order valence-electron chi connectivity index (χ0n) is 17.6. The Bertz CT molecular complexity index is 793. The molecule has 0 saturated heterocycles. The van der Waals surface area contributed by atoms with Crippen LogP contribution in [-0.2, 0) is 9.59 Å². The summed E-state index contributed by atoms with van der Waals surface area (Å²) >= 11 is 0. The van der Waals surface area contributed by atoms with Crippen molar-refractivity contribution in [3.63, 3.8) is 0 Å². The topological polar surface area (TPSA) is 76.0 Å². The van der Waals surface area contributed by atoms with Crippen LogP contribution >= 0.6 is 0 Å². The van der Waals surface area contributed by atoms with Gasteiger partial charge >= 0.3 is 0 Å². The van der Waals surface area contributed by atoms with Crippen molar-refractivity contribution in [2.24, 2.45) is 11.8 Å². The van der Waals surface area contributed by atoms with Crippen LogP contribution in [0, 0.1) is 11.8 Å². The summed E-state index contributed by atoms with van der Waals surface area (Å²) in [6, 6.07) is 7.36. The van der Waals surface area contributed by atoms with Crippen molar-refractivity contribution >= 4 is 11.8 Å². The summed E-state index contributed by atoms with van der Waals surface area (Å²) in [5, 5.41) is 6.08. The minimum absolute atomic E-state index is 0.0240. The maximum Gasteiger partial charge on any atom is 0.243 e. The second-order valence-electron chi connectivity index (χ2n) is 8.36. The Kier molecular flexibility index (Phi) is 7.07. The molecule has 0 bridgehead atoms. The number of carbonyl (C=O) groups is 2. The van der Waals surface area contributed by atoms with Gasteiger partial charge in [0.05, 0.1) is 12.4 Å². The van der Waals surface area contributed by atoms with E-state index in [4.69, 9.17) is 0 Å². The molecule has 0 spiro atoms. The monoisotopic (exact) mass is 396 g/mol.